The molecule has 0 spiro atoms. The minimum Gasteiger partial charge on any atom is -0.507 e. The average molecular weight is 1230 g/mol. The number of benzene rings is 7. The summed E-state index contributed by atoms with van der Waals surface area (Å²) in [6.45, 7) is 1.31. The lowest BCUT2D eigenvalue weighted by Crippen LogP contribution is -2.56. The van der Waals surface area contributed by atoms with Crippen molar-refractivity contribution in [1.82, 2.24) is 4.72 Å². The number of amides is 2. The fourth-order valence-electron chi connectivity index (χ4n) is 8.49. The van der Waals surface area contributed by atoms with Crippen molar-refractivity contribution in [1.29, 1.82) is 0 Å². The Morgan fingerprint density at radius 3 is 1.66 bits per heavy atom. The predicted octanol–water partition coefficient (Wildman–Crippen LogP) is 7.52. The Labute approximate surface area is 502 Å². The summed E-state index contributed by atoms with van der Waals surface area (Å²) in [5.41, 5.74) is 2.01. The van der Waals surface area contributed by atoms with Gasteiger partial charge in [-0.1, -0.05) is 91.9 Å². The molecule has 1 aliphatic rings. The third-order valence-electron chi connectivity index (χ3n) is 12.9. The first-order valence-corrected chi connectivity index (χ1v) is 27.8. The Morgan fingerprint density at radius 2 is 1.12 bits per heavy atom. The number of ether oxygens (including phenoxy) is 3. The number of carboxylic acids is 3. The van der Waals surface area contributed by atoms with E-state index in [0.717, 1.165) is 41.0 Å². The number of anilines is 2. The highest BCUT2D eigenvalue weighted by atomic mass is 32.2. The number of aliphatic hydroxyl groups excluding tert-OH is 1. The average Bonchev–Trinajstić information content (AvgIpc) is 2.09. The summed E-state index contributed by atoms with van der Waals surface area (Å²) in [7, 11) is -3.91. The number of phenolic OH excluding ortho intramolecular Hbond substituents is 4. The van der Waals surface area contributed by atoms with Gasteiger partial charge in [-0.15, -0.1) is 0 Å². The van der Waals surface area contributed by atoms with Crippen LogP contribution in [0.4, 0.5) is 11.4 Å². The van der Waals surface area contributed by atoms with Gasteiger partial charge in [-0.05, 0) is 113 Å². The van der Waals surface area contributed by atoms with Crippen molar-refractivity contribution in [3.05, 3.63) is 204 Å². The summed E-state index contributed by atoms with van der Waals surface area (Å²) in [4.78, 5) is 82.0. The van der Waals surface area contributed by atoms with Crippen molar-refractivity contribution in [3.63, 3.8) is 0 Å². The summed E-state index contributed by atoms with van der Waals surface area (Å²) < 4.78 is 42.9. The van der Waals surface area contributed by atoms with Gasteiger partial charge in [-0.2, -0.15) is 0 Å². The van der Waals surface area contributed by atoms with Gasteiger partial charge in [-0.25, -0.2) is 37.1 Å². The van der Waals surface area contributed by atoms with Crippen molar-refractivity contribution < 1.29 is 102 Å². The largest absolute Gasteiger partial charge is 0.507 e. The third-order valence-corrected chi connectivity index (χ3v) is 14.3. The number of nitrogens with one attached hydrogen (secondary N) is 3. The topological polar surface area (TPSA) is 399 Å². The van der Waals surface area contributed by atoms with Crippen molar-refractivity contribution in [3.8, 4) is 39.9 Å². The van der Waals surface area contributed by atoms with Gasteiger partial charge in [0.2, 0.25) is 27.4 Å². The Balaban J connectivity index is 0.000000219. The Bertz CT molecular complexity index is 3790. The maximum Gasteiger partial charge on any atom is 0.348 e. The number of aliphatic carboxylic acids is 1. The van der Waals surface area contributed by atoms with Crippen LogP contribution < -0.4 is 15.4 Å². The number of hydrogen-bond donors (Lipinski definition) is 12. The lowest BCUT2D eigenvalue weighted by atomic mass is 9.75. The lowest BCUT2D eigenvalue weighted by molar-refractivity contribution is -0.199. The lowest BCUT2D eigenvalue weighted by Gasteiger charge is -2.42. The van der Waals surface area contributed by atoms with E-state index in [-0.39, 0.29) is 57.9 Å². The predicted molar refractivity (Wildman–Crippen MR) is 317 cm³/mol. The SMILES string of the molecule is C[C@@H]1C[C@](OC(=O)/C=C/c2ccc(O)c(O)c2)(C(=O)O)C[C@@H](O)C1OC(=O)/C=C/c1ccc(O)c(O)c1.O=C(CNS(=O)(=O)c1ccc(-c2ccccc2)cc1)Nc1ccc(C(=O)O)c(O)c1.O=C(COCc1ccccc1)Nc1ccc(C(=O)O)cc1. The molecule has 7 aromatic rings. The fourth-order valence-corrected chi connectivity index (χ4v) is 9.47. The highest BCUT2D eigenvalue weighted by molar-refractivity contribution is 7.89. The number of carboxylic acid groups (broad SMARTS) is 3. The summed E-state index contributed by atoms with van der Waals surface area (Å²) in [5, 5.41) is 90.5. The quantitative estimate of drug-likeness (QED) is 0.0199. The van der Waals surface area contributed by atoms with Crippen LogP contribution in [0.15, 0.2) is 181 Å². The highest BCUT2D eigenvalue weighted by Crippen LogP contribution is 2.38. The molecule has 0 heterocycles. The number of carbonyl (C=O) groups is 7. The van der Waals surface area contributed by atoms with E-state index in [1.165, 1.54) is 78.9 Å². The molecule has 0 aliphatic heterocycles. The molecule has 25 heteroatoms. The van der Waals surface area contributed by atoms with Crippen molar-refractivity contribution in [2.45, 2.75) is 49.1 Å². The van der Waals surface area contributed by atoms with Crippen LogP contribution >= 0.6 is 0 Å². The van der Waals surface area contributed by atoms with Gasteiger partial charge >= 0.3 is 29.8 Å². The molecule has 88 heavy (non-hydrogen) atoms. The van der Waals surface area contributed by atoms with Crippen LogP contribution in [0.1, 0.15) is 57.2 Å². The van der Waals surface area contributed by atoms with Crippen LogP contribution in [0.5, 0.6) is 28.7 Å². The van der Waals surface area contributed by atoms with E-state index < -0.39 is 94.0 Å². The first-order valence-electron chi connectivity index (χ1n) is 26.3. The number of rotatable bonds is 20. The molecule has 1 saturated carbocycles. The van der Waals surface area contributed by atoms with E-state index in [2.05, 4.69) is 15.4 Å². The molecule has 1 unspecified atom stereocenters. The summed E-state index contributed by atoms with van der Waals surface area (Å²) in [6.07, 6.45) is 1.27. The van der Waals surface area contributed by atoms with E-state index in [9.17, 15) is 77.7 Å². The van der Waals surface area contributed by atoms with Crippen LogP contribution in [0.2, 0.25) is 0 Å². The van der Waals surface area contributed by atoms with Crippen molar-refractivity contribution >= 4 is 75.2 Å². The summed E-state index contributed by atoms with van der Waals surface area (Å²) >= 11 is 0. The number of sulfonamides is 1. The smallest absolute Gasteiger partial charge is 0.348 e. The van der Waals surface area contributed by atoms with Gasteiger partial charge < -0.3 is 70.8 Å². The van der Waals surface area contributed by atoms with E-state index in [1.54, 1.807) is 31.2 Å². The molecule has 7 aromatic carbocycles. The molecule has 0 radical (unpaired) electrons. The van der Waals surface area contributed by atoms with Crippen LogP contribution in [-0.2, 0) is 54.8 Å². The molecule has 0 saturated heterocycles. The zero-order valence-corrected chi connectivity index (χ0v) is 47.3. The van der Waals surface area contributed by atoms with E-state index in [4.69, 9.17) is 24.4 Å². The van der Waals surface area contributed by atoms with Crippen LogP contribution in [0.25, 0.3) is 23.3 Å². The van der Waals surface area contributed by atoms with E-state index >= 15 is 0 Å². The summed E-state index contributed by atoms with van der Waals surface area (Å²) in [5.74, 6) is -9.25. The van der Waals surface area contributed by atoms with Gasteiger partial charge in [0, 0.05) is 48.4 Å². The molecular weight excluding hydrogens is 1170 g/mol. The Hall–Kier alpha value is -10.9. The zero-order chi connectivity index (χ0) is 64.1. The first kappa shape index (κ1) is 66.3. The minimum atomic E-state index is -3.91. The standard InChI is InChI=1S/C26H26O11.C21H18N2O6S.C16H15NO4/c1-14-12-26(25(34)35,37-23(33)9-5-16-3-7-18(28)20(30)11-16)13-21(31)24(14)36-22(32)8-4-15-2-6-17(27)19(29)10-15;24-19-12-16(8-11-18(19)21(26)27)23-20(25)13-22-30(28,29)17-9-6-15(7-10-17)14-4-2-1-3-5-14;18-15(11-21-10-12-4-2-1-3-5-12)17-14-8-6-13(7-9-14)16(19)20/h2-11,14,21,24,27-31H,12-13H2,1H3,(H,34,35);1-12,22,24H,13H2,(H,23,25)(H,26,27);1-9H,10-11H2,(H,17,18)(H,19,20)/b8-4+,9-5+;;/t14-,21-,24?,26-;;/m1../s1. The molecule has 2 amide bonds. The number of phenols is 5. The van der Waals surface area contributed by atoms with E-state index in [0.29, 0.717) is 23.4 Å². The molecule has 0 aromatic heterocycles. The van der Waals surface area contributed by atoms with Gasteiger partial charge in [0.1, 0.15) is 24.0 Å². The molecule has 1 aliphatic carbocycles. The molecule has 4 atom stereocenters. The Kier molecular flexibility index (Phi) is 23.2. The van der Waals surface area contributed by atoms with Crippen molar-refractivity contribution in [2.75, 3.05) is 23.8 Å². The third kappa shape index (κ3) is 19.6. The Morgan fingerprint density at radius 1 is 0.580 bits per heavy atom. The van der Waals surface area contributed by atoms with E-state index in [1.807, 2.05) is 60.7 Å². The number of hydrogen-bond acceptors (Lipinski definition) is 18. The summed E-state index contributed by atoms with van der Waals surface area (Å²) in [6, 6.07) is 42.5. The van der Waals surface area contributed by atoms with Gasteiger partial charge in [0.25, 0.3) is 0 Å². The number of aromatic hydroxyl groups is 5. The molecule has 0 bridgehead atoms. The number of esters is 2. The maximum absolute atomic E-state index is 12.4. The van der Waals surface area contributed by atoms with Gasteiger partial charge in [0.05, 0.1) is 29.7 Å². The van der Waals surface area contributed by atoms with Crippen LogP contribution in [-0.4, -0.2) is 127 Å². The normalized spacial score (nSPS) is 16.1. The zero-order valence-electron chi connectivity index (χ0n) is 46.5. The molecular formula is C63H59N3O21S. The number of aromatic carboxylic acids is 2. The first-order chi connectivity index (χ1) is 41.8. The van der Waals surface area contributed by atoms with Crippen LogP contribution in [0, 0.1) is 5.92 Å². The monoisotopic (exact) mass is 1230 g/mol. The molecule has 458 valence electrons. The minimum absolute atomic E-state index is 0.0124. The maximum atomic E-state index is 12.4. The van der Waals surface area contributed by atoms with Crippen molar-refractivity contribution in [2.24, 2.45) is 5.92 Å². The molecule has 24 nitrogen and oxygen atoms in total. The van der Waals surface area contributed by atoms with Gasteiger partial charge in [0.15, 0.2) is 23.0 Å². The fraction of sp³-hybridized carbons (Fsp3) is 0.159. The molecule has 8 rings (SSSR count). The second kappa shape index (κ2) is 30.8. The molecule has 1 fully saturated rings. The van der Waals surface area contributed by atoms with Gasteiger partial charge in [-0.3, -0.25) is 9.59 Å². The van der Waals surface area contributed by atoms with Crippen LogP contribution in [0.3, 0.4) is 0 Å². The number of aliphatic hydroxyl groups is 1. The second-order valence-electron chi connectivity index (χ2n) is 19.4. The highest BCUT2D eigenvalue weighted by Gasteiger charge is 2.53. The number of carbonyl (C=O) groups excluding carboxylic acids is 4. The second-order valence-corrected chi connectivity index (χ2v) is 21.2. The molecule has 12 N–H and O–H groups in total.